The van der Waals surface area contributed by atoms with Crippen LogP contribution < -0.4 is 5.32 Å². The van der Waals surface area contributed by atoms with Crippen molar-refractivity contribution in [2.45, 2.75) is 44.6 Å². The molecule has 2 aliphatic rings. The van der Waals surface area contributed by atoms with Crippen LogP contribution in [-0.4, -0.2) is 32.8 Å². The maximum atomic E-state index is 12.7. The van der Waals surface area contributed by atoms with Crippen LogP contribution in [0.4, 0.5) is 10.6 Å². The first-order chi connectivity index (χ1) is 12.9. The number of hydrogen-bond donors (Lipinski definition) is 1. The summed E-state index contributed by atoms with van der Waals surface area (Å²) < 4.78 is 7.14. The molecule has 0 radical (unpaired) electrons. The lowest BCUT2D eigenvalue weighted by Crippen LogP contribution is -2.26. The van der Waals surface area contributed by atoms with Crippen LogP contribution in [0.2, 0.25) is 0 Å². The minimum Gasteiger partial charge on any atom is -0.443 e. The van der Waals surface area contributed by atoms with E-state index in [0.29, 0.717) is 0 Å². The highest BCUT2D eigenvalue weighted by Crippen LogP contribution is 2.54. The average molecular weight is 362 g/mol. The van der Waals surface area contributed by atoms with Gasteiger partial charge in [0.25, 0.3) is 0 Å². The molecular weight excluding hydrogens is 340 g/mol. The summed E-state index contributed by atoms with van der Waals surface area (Å²) in [6.07, 6.45) is 9.22. The van der Waals surface area contributed by atoms with Crippen LogP contribution in [0.15, 0.2) is 36.9 Å². The summed E-state index contributed by atoms with van der Waals surface area (Å²) in [5.41, 5.74) is 3.74. The van der Waals surface area contributed by atoms with Gasteiger partial charge in [0, 0.05) is 58.8 Å². The Balaban J connectivity index is 1.64. The van der Waals surface area contributed by atoms with Crippen LogP contribution in [0.25, 0.3) is 22.0 Å². The monoisotopic (exact) mass is 362 g/mol. The zero-order chi connectivity index (χ0) is 18.8. The summed E-state index contributed by atoms with van der Waals surface area (Å²) in [5, 5.41) is 4.33. The van der Waals surface area contributed by atoms with Crippen LogP contribution in [-0.2, 0) is 10.2 Å². The van der Waals surface area contributed by atoms with Crippen LogP contribution in [0.5, 0.6) is 0 Å². The predicted molar refractivity (Wildman–Crippen MR) is 104 cm³/mol. The molecule has 1 N–H and O–H groups in total. The fourth-order valence-electron chi connectivity index (χ4n) is 3.87. The molecule has 3 aromatic heterocycles. The lowest BCUT2D eigenvalue weighted by molar-refractivity contribution is 0.0544. The van der Waals surface area contributed by atoms with Gasteiger partial charge in [0.1, 0.15) is 11.4 Å². The Morgan fingerprint density at radius 3 is 2.85 bits per heavy atom. The van der Waals surface area contributed by atoms with E-state index in [9.17, 15) is 4.79 Å². The number of nitrogens with zero attached hydrogens (tertiary/aromatic N) is 3. The SMILES string of the molecule is CC(C)(C)OC(=O)n1cc(-c2cnc3c(c2)C2(CC2)CN3)c2cnccc21. The molecule has 0 bridgehead atoms. The number of pyridine rings is 2. The molecule has 6 heteroatoms. The van der Waals surface area contributed by atoms with E-state index in [0.717, 1.165) is 34.4 Å². The number of nitrogens with one attached hydrogen (secondary N) is 1. The number of fused-ring (bicyclic) bond motifs is 3. The van der Waals surface area contributed by atoms with Gasteiger partial charge in [-0.05, 0) is 45.7 Å². The summed E-state index contributed by atoms with van der Waals surface area (Å²) in [6, 6.07) is 4.06. The number of aromatic nitrogens is 3. The molecule has 0 unspecified atom stereocenters. The highest BCUT2D eigenvalue weighted by molar-refractivity contribution is 6.00. The molecule has 0 amide bonds. The van der Waals surface area contributed by atoms with Crippen molar-refractivity contribution in [3.63, 3.8) is 0 Å². The lowest BCUT2D eigenvalue weighted by atomic mass is 9.97. The molecule has 5 rings (SSSR count). The van der Waals surface area contributed by atoms with Crippen molar-refractivity contribution in [2.75, 3.05) is 11.9 Å². The van der Waals surface area contributed by atoms with Crippen molar-refractivity contribution in [1.29, 1.82) is 0 Å². The van der Waals surface area contributed by atoms with Gasteiger partial charge in [0.05, 0.1) is 5.52 Å². The highest BCUT2D eigenvalue weighted by Gasteiger charge is 2.49. The highest BCUT2D eigenvalue weighted by atomic mass is 16.6. The summed E-state index contributed by atoms with van der Waals surface area (Å²) in [4.78, 5) is 21.6. The molecule has 1 aliphatic carbocycles. The van der Waals surface area contributed by atoms with Gasteiger partial charge in [-0.2, -0.15) is 0 Å². The molecule has 1 saturated carbocycles. The number of rotatable bonds is 1. The van der Waals surface area contributed by atoms with E-state index in [1.807, 2.05) is 39.2 Å². The van der Waals surface area contributed by atoms with Gasteiger partial charge >= 0.3 is 6.09 Å². The number of carbonyl (C=O) groups is 1. The molecule has 3 aromatic rings. The number of ether oxygens (including phenoxy) is 1. The molecule has 1 spiro atoms. The Kier molecular flexibility index (Phi) is 3.21. The zero-order valence-corrected chi connectivity index (χ0v) is 15.7. The maximum Gasteiger partial charge on any atom is 0.419 e. The second kappa shape index (κ2) is 5.31. The number of hydrogen-bond acceptors (Lipinski definition) is 5. The first-order valence-electron chi connectivity index (χ1n) is 9.30. The lowest BCUT2D eigenvalue weighted by Gasteiger charge is -2.19. The molecule has 0 aromatic carbocycles. The minimum absolute atomic E-state index is 0.264. The van der Waals surface area contributed by atoms with E-state index in [1.165, 1.54) is 18.4 Å². The second-order valence-corrected chi connectivity index (χ2v) is 8.54. The van der Waals surface area contributed by atoms with Crippen molar-refractivity contribution < 1.29 is 9.53 Å². The van der Waals surface area contributed by atoms with Gasteiger partial charge < -0.3 is 10.1 Å². The molecule has 1 fully saturated rings. The van der Waals surface area contributed by atoms with Crippen LogP contribution >= 0.6 is 0 Å². The molecule has 0 atom stereocenters. The van der Waals surface area contributed by atoms with E-state index >= 15 is 0 Å². The van der Waals surface area contributed by atoms with Gasteiger partial charge in [-0.3, -0.25) is 9.55 Å². The third-order valence-corrected chi connectivity index (χ3v) is 5.41. The Labute approximate surface area is 157 Å². The van der Waals surface area contributed by atoms with E-state index in [4.69, 9.17) is 4.74 Å². The largest absolute Gasteiger partial charge is 0.443 e. The van der Waals surface area contributed by atoms with Gasteiger partial charge in [0.15, 0.2) is 0 Å². The Morgan fingerprint density at radius 2 is 2.11 bits per heavy atom. The van der Waals surface area contributed by atoms with E-state index < -0.39 is 5.60 Å². The molecule has 138 valence electrons. The van der Waals surface area contributed by atoms with Gasteiger partial charge in [0.2, 0.25) is 0 Å². The summed E-state index contributed by atoms with van der Waals surface area (Å²) >= 11 is 0. The smallest absolute Gasteiger partial charge is 0.419 e. The van der Waals surface area contributed by atoms with Crippen molar-refractivity contribution in [2.24, 2.45) is 0 Å². The molecule has 1 aliphatic heterocycles. The number of anilines is 1. The van der Waals surface area contributed by atoms with Crippen LogP contribution in [0, 0.1) is 0 Å². The Bertz CT molecular complexity index is 1070. The van der Waals surface area contributed by atoms with Crippen LogP contribution in [0.3, 0.4) is 0 Å². The number of carbonyl (C=O) groups excluding carboxylic acids is 1. The summed E-state index contributed by atoms with van der Waals surface area (Å²) in [7, 11) is 0. The molecule has 0 saturated heterocycles. The zero-order valence-electron chi connectivity index (χ0n) is 15.7. The van der Waals surface area contributed by atoms with E-state index in [2.05, 4.69) is 21.4 Å². The normalized spacial score (nSPS) is 17.0. The van der Waals surface area contributed by atoms with Crippen molar-refractivity contribution in [3.05, 3.63) is 42.5 Å². The quantitative estimate of drug-likeness (QED) is 0.697. The summed E-state index contributed by atoms with van der Waals surface area (Å²) in [5.74, 6) is 0.991. The van der Waals surface area contributed by atoms with Gasteiger partial charge in [-0.25, -0.2) is 9.78 Å². The molecule has 6 nitrogen and oxygen atoms in total. The van der Waals surface area contributed by atoms with Crippen molar-refractivity contribution in [1.82, 2.24) is 14.5 Å². The Morgan fingerprint density at radius 1 is 1.30 bits per heavy atom. The first-order valence-corrected chi connectivity index (χ1v) is 9.30. The maximum absolute atomic E-state index is 12.7. The second-order valence-electron chi connectivity index (χ2n) is 8.54. The third kappa shape index (κ3) is 2.59. The Hall–Kier alpha value is -2.89. The molecular formula is C21H22N4O2. The van der Waals surface area contributed by atoms with Crippen LogP contribution in [0.1, 0.15) is 39.2 Å². The van der Waals surface area contributed by atoms with Crippen molar-refractivity contribution >= 4 is 22.8 Å². The fraction of sp³-hybridized carbons (Fsp3) is 0.381. The van der Waals surface area contributed by atoms with Gasteiger partial charge in [-0.15, -0.1) is 0 Å². The van der Waals surface area contributed by atoms with E-state index in [-0.39, 0.29) is 11.5 Å². The summed E-state index contributed by atoms with van der Waals surface area (Å²) in [6.45, 7) is 6.57. The third-order valence-electron chi connectivity index (χ3n) is 5.41. The predicted octanol–water partition coefficient (Wildman–Crippen LogP) is 4.34. The fourth-order valence-corrected chi connectivity index (χ4v) is 3.87. The van der Waals surface area contributed by atoms with E-state index in [1.54, 1.807) is 17.0 Å². The standard InChI is InChI=1S/C21H22N4O2/c1-20(2,3)27-19(26)25-11-15(14-10-22-7-4-17(14)25)13-8-16-18(23-9-13)24-12-21(16)5-6-21/h4,7-11H,5-6,12H2,1-3H3,(H,23,24). The molecule has 27 heavy (non-hydrogen) atoms. The minimum atomic E-state index is -0.556. The first kappa shape index (κ1) is 16.3. The average Bonchev–Trinajstić information content (AvgIpc) is 3.17. The molecule has 4 heterocycles. The topological polar surface area (TPSA) is 69.0 Å². The van der Waals surface area contributed by atoms with Crippen molar-refractivity contribution in [3.8, 4) is 11.1 Å². The van der Waals surface area contributed by atoms with Gasteiger partial charge in [-0.1, -0.05) is 0 Å².